The van der Waals surface area contributed by atoms with Gasteiger partial charge in [-0.05, 0) is 61.6 Å². The number of aromatic nitrogens is 1. The molecule has 5 heteroatoms. The number of unbranched alkanes of at least 4 members (excludes halogenated alkanes) is 1. The third kappa shape index (κ3) is 6.15. The Hall–Kier alpha value is -2.24. The Morgan fingerprint density at radius 1 is 1.30 bits per heavy atom. The lowest BCUT2D eigenvalue weighted by molar-refractivity contribution is 0.0367. The van der Waals surface area contributed by atoms with E-state index in [2.05, 4.69) is 22.4 Å². The van der Waals surface area contributed by atoms with Crippen molar-refractivity contribution < 1.29 is 9.13 Å². The summed E-state index contributed by atoms with van der Waals surface area (Å²) in [4.78, 5) is 4.45. The maximum Gasteiger partial charge on any atom is 0.123 e. The number of rotatable bonds is 8. The van der Waals surface area contributed by atoms with Crippen LogP contribution in [0.5, 0.6) is 0 Å². The van der Waals surface area contributed by atoms with Crippen molar-refractivity contribution in [3.63, 3.8) is 0 Å². The molecule has 4 nitrogen and oxygen atoms in total. The predicted molar refractivity (Wildman–Crippen MR) is 108 cm³/mol. The average Bonchev–Trinajstić information content (AvgIpc) is 3.04. The van der Waals surface area contributed by atoms with Crippen LogP contribution >= 0.6 is 0 Å². The molecule has 1 aliphatic heterocycles. The van der Waals surface area contributed by atoms with Gasteiger partial charge >= 0.3 is 0 Å². The molecule has 27 heavy (non-hydrogen) atoms. The van der Waals surface area contributed by atoms with Gasteiger partial charge in [0, 0.05) is 31.3 Å². The maximum absolute atomic E-state index is 13.1. The van der Waals surface area contributed by atoms with E-state index < -0.39 is 0 Å². The van der Waals surface area contributed by atoms with E-state index in [4.69, 9.17) is 10.5 Å². The number of hydrogen-bond donors (Lipinski definition) is 2. The summed E-state index contributed by atoms with van der Waals surface area (Å²) in [6.07, 6.45) is 6.98. The van der Waals surface area contributed by atoms with Crippen LogP contribution in [0.4, 0.5) is 10.2 Å². The van der Waals surface area contributed by atoms with Crippen molar-refractivity contribution in [3.8, 4) is 0 Å². The zero-order chi connectivity index (χ0) is 19.1. The Balaban J connectivity index is 1.41. The molecule has 1 aromatic carbocycles. The highest BCUT2D eigenvalue weighted by Crippen LogP contribution is 2.19. The molecule has 1 saturated heterocycles. The van der Waals surface area contributed by atoms with Crippen LogP contribution in [-0.4, -0.2) is 30.8 Å². The molecule has 0 spiro atoms. The number of nitrogens with zero attached hydrogens (tertiary/aromatic N) is 1. The quantitative estimate of drug-likeness (QED) is 0.696. The second-order valence-corrected chi connectivity index (χ2v) is 7.19. The molecule has 0 unspecified atom stereocenters. The minimum absolute atomic E-state index is 0.204. The average molecular weight is 369 g/mol. The molecule has 1 fully saturated rings. The van der Waals surface area contributed by atoms with E-state index in [1.807, 2.05) is 25.1 Å². The van der Waals surface area contributed by atoms with Crippen molar-refractivity contribution in [1.29, 1.82) is 0 Å². The van der Waals surface area contributed by atoms with Crippen molar-refractivity contribution in [2.75, 3.05) is 25.4 Å². The van der Waals surface area contributed by atoms with E-state index in [9.17, 15) is 4.39 Å². The fourth-order valence-electron chi connectivity index (χ4n) is 3.51. The van der Waals surface area contributed by atoms with E-state index in [-0.39, 0.29) is 11.9 Å². The number of halogens is 1. The van der Waals surface area contributed by atoms with Crippen LogP contribution in [0.3, 0.4) is 0 Å². The van der Waals surface area contributed by atoms with E-state index in [1.54, 1.807) is 6.07 Å². The number of aryl methyl sites for hydroxylation is 1. The lowest BCUT2D eigenvalue weighted by atomic mass is 9.99. The number of nitrogens with one attached hydrogen (secondary N) is 1. The topological polar surface area (TPSA) is 60.2 Å². The number of anilines is 1. The molecule has 2 aromatic rings. The third-order valence-electron chi connectivity index (χ3n) is 4.80. The monoisotopic (exact) mass is 369 g/mol. The molecule has 0 saturated carbocycles. The van der Waals surface area contributed by atoms with E-state index in [1.165, 1.54) is 12.1 Å². The first-order valence-electron chi connectivity index (χ1n) is 9.57. The Kier molecular flexibility index (Phi) is 6.96. The minimum atomic E-state index is -0.204. The van der Waals surface area contributed by atoms with Gasteiger partial charge in [0.05, 0.1) is 6.10 Å². The molecule has 3 rings (SSSR count). The number of benzene rings is 1. The van der Waals surface area contributed by atoms with Crippen molar-refractivity contribution >= 4 is 11.9 Å². The van der Waals surface area contributed by atoms with Crippen LogP contribution in [0.25, 0.3) is 6.08 Å². The molecule has 1 aromatic heterocycles. The first-order valence-corrected chi connectivity index (χ1v) is 9.57. The molecule has 3 N–H and O–H groups in total. The highest BCUT2D eigenvalue weighted by atomic mass is 19.1. The molecular weight excluding hydrogens is 341 g/mol. The van der Waals surface area contributed by atoms with Gasteiger partial charge in [-0.15, -0.1) is 0 Å². The fourth-order valence-corrected chi connectivity index (χ4v) is 3.51. The number of pyridine rings is 1. The van der Waals surface area contributed by atoms with E-state index in [0.717, 1.165) is 55.8 Å². The van der Waals surface area contributed by atoms with Crippen LogP contribution in [0.1, 0.15) is 29.7 Å². The van der Waals surface area contributed by atoms with Gasteiger partial charge < -0.3 is 15.8 Å². The number of hydrogen-bond acceptors (Lipinski definition) is 4. The first-order chi connectivity index (χ1) is 13.1. The number of ether oxygens (including phenoxy) is 1. The van der Waals surface area contributed by atoms with Crippen LogP contribution in [0.2, 0.25) is 0 Å². The molecule has 1 aliphatic rings. The van der Waals surface area contributed by atoms with Gasteiger partial charge in [-0.2, -0.15) is 0 Å². The van der Waals surface area contributed by atoms with Gasteiger partial charge in [0.15, 0.2) is 0 Å². The molecule has 2 heterocycles. The summed E-state index contributed by atoms with van der Waals surface area (Å²) in [5, 5.41) is 3.42. The van der Waals surface area contributed by atoms with Gasteiger partial charge in [0.1, 0.15) is 11.6 Å². The van der Waals surface area contributed by atoms with E-state index >= 15 is 0 Å². The smallest absolute Gasteiger partial charge is 0.123 e. The number of allylic oxidation sites excluding steroid dienone is 1. The van der Waals surface area contributed by atoms with Crippen LogP contribution < -0.4 is 11.1 Å². The van der Waals surface area contributed by atoms with Gasteiger partial charge in [-0.1, -0.05) is 24.3 Å². The summed E-state index contributed by atoms with van der Waals surface area (Å²) in [5.41, 5.74) is 8.93. The number of nitrogens with two attached hydrogens (primary N) is 1. The highest BCUT2D eigenvalue weighted by molar-refractivity contribution is 5.48. The zero-order valence-electron chi connectivity index (χ0n) is 15.8. The molecule has 2 atom stereocenters. The van der Waals surface area contributed by atoms with Gasteiger partial charge in [0.2, 0.25) is 0 Å². The molecule has 0 radical (unpaired) electrons. The van der Waals surface area contributed by atoms with Gasteiger partial charge in [0.25, 0.3) is 0 Å². The van der Waals surface area contributed by atoms with Crippen LogP contribution in [0.15, 0.2) is 42.5 Å². The Bertz CT molecular complexity index is 758. The summed E-state index contributed by atoms with van der Waals surface area (Å²) in [5.74, 6) is 0.796. The molecule has 144 valence electrons. The Labute approximate surface area is 160 Å². The number of nitrogen functional groups attached to an aromatic ring is 1. The molecule has 0 bridgehead atoms. The first kappa shape index (κ1) is 19.5. The SMILES string of the molecule is Cc1cc(N)nc(C[C@@H]2CNC[C@@H]2OCCC/C=C/c2cccc(F)c2)c1. The summed E-state index contributed by atoms with van der Waals surface area (Å²) in [6.45, 7) is 4.59. The second kappa shape index (κ2) is 9.62. The molecule has 0 aliphatic carbocycles. The van der Waals surface area contributed by atoms with E-state index in [0.29, 0.717) is 11.7 Å². The summed E-state index contributed by atoms with van der Waals surface area (Å²) >= 11 is 0. The van der Waals surface area contributed by atoms with Crippen molar-refractivity contribution in [1.82, 2.24) is 10.3 Å². The Morgan fingerprint density at radius 3 is 3.00 bits per heavy atom. The third-order valence-corrected chi connectivity index (χ3v) is 4.80. The lowest BCUT2D eigenvalue weighted by Crippen LogP contribution is -2.25. The maximum atomic E-state index is 13.1. The normalized spacial score (nSPS) is 19.8. The minimum Gasteiger partial charge on any atom is -0.384 e. The van der Waals surface area contributed by atoms with Gasteiger partial charge in [-0.25, -0.2) is 9.37 Å². The van der Waals surface area contributed by atoms with Crippen LogP contribution in [0, 0.1) is 18.7 Å². The summed E-state index contributed by atoms with van der Waals surface area (Å²) < 4.78 is 19.2. The van der Waals surface area contributed by atoms with Crippen molar-refractivity contribution in [2.45, 2.75) is 32.3 Å². The Morgan fingerprint density at radius 2 is 2.19 bits per heavy atom. The van der Waals surface area contributed by atoms with Crippen molar-refractivity contribution in [3.05, 3.63) is 65.1 Å². The highest BCUT2D eigenvalue weighted by Gasteiger charge is 2.28. The summed E-state index contributed by atoms with van der Waals surface area (Å²) in [7, 11) is 0. The van der Waals surface area contributed by atoms with Crippen LogP contribution in [-0.2, 0) is 11.2 Å². The lowest BCUT2D eigenvalue weighted by Gasteiger charge is -2.19. The van der Waals surface area contributed by atoms with Crippen molar-refractivity contribution in [2.24, 2.45) is 5.92 Å². The predicted octanol–water partition coefficient (Wildman–Crippen LogP) is 3.75. The zero-order valence-corrected chi connectivity index (χ0v) is 15.8. The van der Waals surface area contributed by atoms with Gasteiger partial charge in [-0.3, -0.25) is 0 Å². The summed E-state index contributed by atoms with van der Waals surface area (Å²) in [6, 6.07) is 10.6. The fraction of sp³-hybridized carbons (Fsp3) is 0.409. The largest absolute Gasteiger partial charge is 0.384 e. The molecule has 0 amide bonds. The standard InChI is InChI=1S/C22H28FN3O/c1-16-10-20(26-22(24)11-16)13-18-14-25-15-21(18)27-9-4-2-3-6-17-7-5-8-19(23)12-17/h3,5-8,10-12,18,21,25H,2,4,9,13-15H2,1H3,(H2,24,26)/b6-3+/t18-,21+/m1/s1. The second-order valence-electron chi connectivity index (χ2n) is 7.19. The molecular formula is C22H28FN3O.